The Morgan fingerprint density at radius 1 is 0.875 bits per heavy atom. The molecule has 4 aromatic rings. The van der Waals surface area contributed by atoms with Gasteiger partial charge in [-0.3, -0.25) is 9.35 Å². The second kappa shape index (κ2) is 11.5. The molecule has 0 bridgehead atoms. The van der Waals surface area contributed by atoms with E-state index in [1.165, 1.54) is 54.6 Å². The van der Waals surface area contributed by atoms with Gasteiger partial charge in [0.2, 0.25) is 0 Å². The molecule has 0 radical (unpaired) electrons. The van der Waals surface area contributed by atoms with Gasteiger partial charge >= 0.3 is 15.8 Å². The number of thioether (sulfide) groups is 1. The van der Waals surface area contributed by atoms with Gasteiger partial charge in [-0.1, -0.05) is 0 Å². The molecule has 0 unspecified atom stereocenters. The maximum absolute atomic E-state index is 13.3. The van der Waals surface area contributed by atoms with E-state index in [0.717, 1.165) is 36.4 Å². The lowest BCUT2D eigenvalue weighted by atomic mass is 10.2. The maximum atomic E-state index is 13.3. The molecule has 0 aromatic heterocycles. The third-order valence-corrected chi connectivity index (χ3v) is 6.76. The highest BCUT2D eigenvalue weighted by Crippen LogP contribution is 2.38. The van der Waals surface area contributed by atoms with E-state index in [1.807, 2.05) is 0 Å². The van der Waals surface area contributed by atoms with Gasteiger partial charge in [0.15, 0.2) is 0 Å². The fourth-order valence-electron chi connectivity index (χ4n) is 3.46. The summed E-state index contributed by atoms with van der Waals surface area (Å²) in [4.78, 5) is 12.8. The van der Waals surface area contributed by atoms with Crippen LogP contribution in [0.1, 0.15) is 10.4 Å². The first-order valence-corrected chi connectivity index (χ1v) is 13.3. The molecule has 208 valence electrons. The first-order chi connectivity index (χ1) is 18.8. The Kier molecular flexibility index (Phi) is 8.23. The highest BCUT2D eigenvalue weighted by atomic mass is 32.2. The number of amides is 1. The minimum Gasteiger partial charge on any atom is -0.506 e. The Hall–Kier alpha value is -4.27. The number of carbonyl (C=O) groups excluding carboxylic acids is 1. The number of alkyl halides is 3. The Balaban J connectivity index is 1.48. The molecule has 40 heavy (non-hydrogen) atoms. The third-order valence-electron chi connectivity index (χ3n) is 5.15. The predicted octanol–water partition coefficient (Wildman–Crippen LogP) is 7.13. The quantitative estimate of drug-likeness (QED) is 0.0860. The summed E-state index contributed by atoms with van der Waals surface area (Å²) in [6.45, 7) is 0. The van der Waals surface area contributed by atoms with Gasteiger partial charge in [-0.15, -0.1) is 0 Å². The zero-order chi connectivity index (χ0) is 29.1. The largest absolute Gasteiger partial charge is 0.506 e. The molecule has 0 aliphatic rings. The minimum atomic E-state index is -4.97. The number of benzene rings is 4. The number of hydrogen-bond acceptors (Lipinski definition) is 6. The summed E-state index contributed by atoms with van der Waals surface area (Å²) in [6, 6.07) is 18.6. The van der Waals surface area contributed by atoms with Crippen LogP contribution in [0.2, 0.25) is 0 Å². The number of rotatable bonds is 8. The number of phenolic OH excluding ortho intramolecular Hbond substituents is 1. The van der Waals surface area contributed by atoms with Gasteiger partial charge in [-0.25, -0.2) is 8.70 Å². The van der Waals surface area contributed by atoms with Crippen LogP contribution in [0.15, 0.2) is 95.9 Å². The van der Waals surface area contributed by atoms with Crippen molar-refractivity contribution in [1.82, 2.24) is 0 Å². The molecule has 0 atom stereocenters. The van der Waals surface area contributed by atoms with Crippen molar-refractivity contribution in [3.05, 3.63) is 102 Å². The van der Waals surface area contributed by atoms with Crippen LogP contribution >= 0.6 is 11.8 Å². The molecule has 4 rings (SSSR count). The summed E-state index contributed by atoms with van der Waals surface area (Å²) in [5.41, 5.74) is -4.75. The fourth-order valence-corrected chi connectivity index (χ4v) is 4.78. The van der Waals surface area contributed by atoms with E-state index in [1.54, 1.807) is 0 Å². The summed E-state index contributed by atoms with van der Waals surface area (Å²) in [5, 5.41) is 12.8. The molecule has 3 N–H and O–H groups in total. The van der Waals surface area contributed by atoms with Crippen LogP contribution in [-0.4, -0.2) is 29.5 Å². The average molecular weight is 595 g/mol. The van der Waals surface area contributed by atoms with Crippen molar-refractivity contribution >= 4 is 45.0 Å². The lowest BCUT2D eigenvalue weighted by Crippen LogP contribution is -2.25. The van der Waals surface area contributed by atoms with Gasteiger partial charge in [-0.2, -0.15) is 21.6 Å². The average Bonchev–Trinajstić information content (AvgIpc) is 2.87. The number of ether oxygens (including phenoxy) is 1. The first kappa shape index (κ1) is 28.7. The summed E-state index contributed by atoms with van der Waals surface area (Å²) >= 11 is -0.247. The Bertz CT molecular complexity index is 1610. The minimum absolute atomic E-state index is 0.00151. The fraction of sp³-hybridized carbons (Fsp3) is 0.0385. The van der Waals surface area contributed by atoms with Gasteiger partial charge in [-0.05, 0) is 103 Å². The van der Waals surface area contributed by atoms with Crippen molar-refractivity contribution in [3.63, 3.8) is 0 Å². The van der Waals surface area contributed by atoms with Gasteiger partial charge in [0, 0.05) is 16.1 Å². The second-order valence-electron chi connectivity index (χ2n) is 8.02. The first-order valence-electron chi connectivity index (χ1n) is 11.1. The number of halogens is 4. The van der Waals surface area contributed by atoms with Crippen LogP contribution in [0.3, 0.4) is 0 Å². The van der Waals surface area contributed by atoms with E-state index in [-0.39, 0.29) is 39.3 Å². The van der Waals surface area contributed by atoms with E-state index in [0.29, 0.717) is 10.1 Å². The summed E-state index contributed by atoms with van der Waals surface area (Å²) in [7, 11) is -4.97. The Labute approximate surface area is 229 Å². The normalized spacial score (nSPS) is 11.6. The number of nitrogens with zero attached hydrogens (tertiary/aromatic N) is 1. The van der Waals surface area contributed by atoms with E-state index in [9.17, 15) is 40.4 Å². The van der Waals surface area contributed by atoms with Crippen LogP contribution in [0.4, 0.5) is 34.6 Å². The van der Waals surface area contributed by atoms with Crippen molar-refractivity contribution in [3.8, 4) is 17.2 Å². The van der Waals surface area contributed by atoms with E-state index in [2.05, 4.69) is 5.32 Å². The topological polar surface area (TPSA) is 116 Å². The molecular weight excluding hydrogens is 576 g/mol. The molecule has 0 aliphatic carbocycles. The van der Waals surface area contributed by atoms with Gasteiger partial charge < -0.3 is 15.2 Å². The zero-order valence-electron chi connectivity index (χ0n) is 20.0. The van der Waals surface area contributed by atoms with E-state index < -0.39 is 39.0 Å². The van der Waals surface area contributed by atoms with Gasteiger partial charge in [0.05, 0.1) is 5.69 Å². The molecule has 0 aliphatic heterocycles. The predicted molar refractivity (Wildman–Crippen MR) is 141 cm³/mol. The monoisotopic (exact) mass is 594 g/mol. The second-order valence-corrected chi connectivity index (χ2v) is 10.4. The van der Waals surface area contributed by atoms with E-state index >= 15 is 0 Å². The molecular formula is C26H18F4N2O6S2. The number of phenols is 1. The van der Waals surface area contributed by atoms with E-state index in [4.69, 9.17) is 4.74 Å². The third kappa shape index (κ3) is 7.43. The van der Waals surface area contributed by atoms with Crippen molar-refractivity contribution in [2.75, 3.05) is 9.62 Å². The number of aromatic hydroxyl groups is 1. The molecule has 14 heteroatoms. The Morgan fingerprint density at radius 2 is 1.45 bits per heavy atom. The van der Waals surface area contributed by atoms with Crippen LogP contribution in [0.5, 0.6) is 17.2 Å². The highest BCUT2D eigenvalue weighted by Gasteiger charge is 2.29. The SMILES string of the molecule is O=C(Nc1ccc(O)c(N(c2ccc(F)cc2)S(=O)(=O)O)c1)c1ccc(Oc2ccc(SC(F)(F)F)cc2)cc1. The standard InChI is InChI=1S/C26H18F4N2O6S2/c27-17-3-6-19(7-4-17)32(40(35,36)37)23-15-18(5-14-24(23)33)31-25(34)16-1-8-20(9-2-16)38-21-10-12-22(13-11-21)39-26(28,29)30/h1-15,33H,(H,31,34)(H,35,36,37). The summed E-state index contributed by atoms with van der Waals surface area (Å²) in [5.74, 6) is -1.23. The molecule has 0 spiro atoms. The van der Waals surface area contributed by atoms with Crippen molar-refractivity contribution in [2.45, 2.75) is 10.4 Å². The maximum Gasteiger partial charge on any atom is 0.446 e. The van der Waals surface area contributed by atoms with Crippen LogP contribution in [-0.2, 0) is 10.3 Å². The lowest BCUT2D eigenvalue weighted by Gasteiger charge is -2.22. The molecule has 4 aromatic carbocycles. The molecule has 8 nitrogen and oxygen atoms in total. The molecule has 0 saturated heterocycles. The smallest absolute Gasteiger partial charge is 0.446 e. The summed E-state index contributed by atoms with van der Waals surface area (Å²) < 4.78 is 90.7. The Morgan fingerprint density at radius 3 is 2.00 bits per heavy atom. The molecule has 0 heterocycles. The zero-order valence-corrected chi connectivity index (χ0v) is 21.6. The van der Waals surface area contributed by atoms with Crippen molar-refractivity contribution in [1.29, 1.82) is 0 Å². The van der Waals surface area contributed by atoms with Crippen LogP contribution in [0, 0.1) is 5.82 Å². The lowest BCUT2D eigenvalue weighted by molar-refractivity contribution is -0.0328. The summed E-state index contributed by atoms with van der Waals surface area (Å²) in [6.07, 6.45) is 0. The highest BCUT2D eigenvalue weighted by molar-refractivity contribution is 8.00. The number of carbonyl (C=O) groups is 1. The van der Waals surface area contributed by atoms with Crippen molar-refractivity contribution < 1.29 is 45.2 Å². The molecule has 0 saturated carbocycles. The van der Waals surface area contributed by atoms with Crippen molar-refractivity contribution in [2.24, 2.45) is 0 Å². The molecule has 1 amide bonds. The number of hydrogen-bond donors (Lipinski definition) is 3. The number of anilines is 3. The molecule has 0 fully saturated rings. The van der Waals surface area contributed by atoms with Gasteiger partial charge in [0.25, 0.3) is 5.91 Å². The van der Waals surface area contributed by atoms with Gasteiger partial charge in [0.1, 0.15) is 28.8 Å². The number of nitrogens with one attached hydrogen (secondary N) is 1. The van der Waals surface area contributed by atoms with Crippen LogP contribution < -0.4 is 14.4 Å². The van der Waals surface area contributed by atoms with Crippen LogP contribution in [0.25, 0.3) is 0 Å².